The smallest absolute Gasteiger partial charge is 0.275 e. The zero-order valence-electron chi connectivity index (χ0n) is 14.0. The molecule has 0 radical (unpaired) electrons. The third-order valence-corrected chi connectivity index (χ3v) is 4.74. The van der Waals surface area contributed by atoms with E-state index in [-0.39, 0.29) is 10.7 Å². The van der Waals surface area contributed by atoms with Crippen LogP contribution in [-0.2, 0) is 4.74 Å². The van der Waals surface area contributed by atoms with Crippen LogP contribution in [0.4, 0.5) is 11.5 Å². The van der Waals surface area contributed by atoms with Crippen molar-refractivity contribution in [3.05, 3.63) is 46.3 Å². The highest BCUT2D eigenvalue weighted by molar-refractivity contribution is 6.44. The molecule has 1 aromatic heterocycles. The quantitative estimate of drug-likeness (QED) is 0.782. The first-order valence-corrected chi connectivity index (χ1v) is 9.00. The minimum atomic E-state index is -0.401. The molecule has 7 nitrogen and oxygen atoms in total. The SMILES string of the molecule is O=C(Nc1cccc(Cl)c1Cl)c1cnc(NCCN2CCOCC2)cn1. The molecule has 2 heterocycles. The van der Waals surface area contributed by atoms with E-state index < -0.39 is 5.91 Å². The molecule has 2 N–H and O–H groups in total. The average Bonchev–Trinajstić information content (AvgIpc) is 2.67. The highest BCUT2D eigenvalue weighted by Gasteiger charge is 2.12. The molecule has 0 aliphatic carbocycles. The van der Waals surface area contributed by atoms with Crippen LogP contribution in [-0.4, -0.2) is 60.2 Å². The van der Waals surface area contributed by atoms with Crippen molar-refractivity contribution in [2.24, 2.45) is 0 Å². The summed E-state index contributed by atoms with van der Waals surface area (Å²) in [5, 5.41) is 6.53. The molecule has 1 aliphatic heterocycles. The Morgan fingerprint density at radius 3 is 2.73 bits per heavy atom. The number of anilines is 2. The van der Waals surface area contributed by atoms with Gasteiger partial charge in [-0.1, -0.05) is 29.3 Å². The molecule has 2 aromatic rings. The number of aromatic nitrogens is 2. The van der Waals surface area contributed by atoms with Crippen molar-refractivity contribution in [1.29, 1.82) is 0 Å². The van der Waals surface area contributed by atoms with Gasteiger partial charge in [0.2, 0.25) is 0 Å². The minimum absolute atomic E-state index is 0.194. The molecular weight excluding hydrogens is 377 g/mol. The van der Waals surface area contributed by atoms with Gasteiger partial charge < -0.3 is 15.4 Å². The molecule has 0 saturated carbocycles. The fraction of sp³-hybridized carbons (Fsp3) is 0.353. The molecule has 1 fully saturated rings. The predicted molar refractivity (Wildman–Crippen MR) is 102 cm³/mol. The van der Waals surface area contributed by atoms with Gasteiger partial charge in [0.25, 0.3) is 5.91 Å². The Bertz CT molecular complexity index is 751. The summed E-state index contributed by atoms with van der Waals surface area (Å²) in [5.74, 6) is 0.220. The summed E-state index contributed by atoms with van der Waals surface area (Å²) >= 11 is 12.0. The second-order valence-corrected chi connectivity index (χ2v) is 6.51. The van der Waals surface area contributed by atoms with Gasteiger partial charge in [0.1, 0.15) is 11.5 Å². The first-order valence-electron chi connectivity index (χ1n) is 8.25. The summed E-state index contributed by atoms with van der Waals surface area (Å²) in [6.45, 7) is 5.09. The number of halogens is 2. The van der Waals surface area contributed by atoms with E-state index in [0.29, 0.717) is 16.5 Å². The van der Waals surface area contributed by atoms with Crippen LogP contribution in [0.15, 0.2) is 30.6 Å². The third-order valence-electron chi connectivity index (χ3n) is 3.92. The molecule has 1 saturated heterocycles. The minimum Gasteiger partial charge on any atom is -0.379 e. The Morgan fingerprint density at radius 1 is 1.19 bits per heavy atom. The summed E-state index contributed by atoms with van der Waals surface area (Å²) in [6.07, 6.45) is 2.96. The van der Waals surface area contributed by atoms with Gasteiger partial charge in [0, 0.05) is 26.2 Å². The zero-order valence-corrected chi connectivity index (χ0v) is 15.6. The maximum absolute atomic E-state index is 12.3. The van der Waals surface area contributed by atoms with E-state index in [9.17, 15) is 4.79 Å². The van der Waals surface area contributed by atoms with Crippen LogP contribution in [0.5, 0.6) is 0 Å². The monoisotopic (exact) mass is 395 g/mol. The Labute approximate surface area is 161 Å². The molecule has 0 atom stereocenters. The summed E-state index contributed by atoms with van der Waals surface area (Å²) < 4.78 is 5.32. The number of ether oxygens (including phenoxy) is 1. The zero-order chi connectivity index (χ0) is 18.4. The van der Waals surface area contributed by atoms with Crippen molar-refractivity contribution in [1.82, 2.24) is 14.9 Å². The van der Waals surface area contributed by atoms with Gasteiger partial charge in [-0.3, -0.25) is 9.69 Å². The van der Waals surface area contributed by atoms with Crippen molar-refractivity contribution in [2.45, 2.75) is 0 Å². The van der Waals surface area contributed by atoms with Gasteiger partial charge in [0.15, 0.2) is 0 Å². The maximum atomic E-state index is 12.3. The summed E-state index contributed by atoms with van der Waals surface area (Å²) in [6, 6.07) is 5.02. The molecule has 138 valence electrons. The molecule has 1 amide bonds. The first kappa shape index (κ1) is 18.8. The largest absolute Gasteiger partial charge is 0.379 e. The number of hydrogen-bond acceptors (Lipinski definition) is 6. The number of nitrogens with zero attached hydrogens (tertiary/aromatic N) is 3. The van der Waals surface area contributed by atoms with Crippen LogP contribution in [0, 0.1) is 0 Å². The number of nitrogens with one attached hydrogen (secondary N) is 2. The third kappa shape index (κ3) is 5.04. The van der Waals surface area contributed by atoms with E-state index in [1.54, 1.807) is 18.2 Å². The van der Waals surface area contributed by atoms with Crippen molar-refractivity contribution < 1.29 is 9.53 Å². The predicted octanol–water partition coefficient (Wildman–Crippen LogP) is 2.78. The second-order valence-electron chi connectivity index (χ2n) is 5.72. The molecule has 0 spiro atoms. The van der Waals surface area contributed by atoms with Crippen LogP contribution in [0.1, 0.15) is 10.5 Å². The number of carbonyl (C=O) groups is 1. The van der Waals surface area contributed by atoms with E-state index in [4.69, 9.17) is 27.9 Å². The highest BCUT2D eigenvalue weighted by atomic mass is 35.5. The lowest BCUT2D eigenvalue weighted by molar-refractivity contribution is 0.0398. The number of amides is 1. The van der Waals surface area contributed by atoms with E-state index in [0.717, 1.165) is 39.4 Å². The van der Waals surface area contributed by atoms with Crippen molar-refractivity contribution in [3.8, 4) is 0 Å². The topological polar surface area (TPSA) is 79.4 Å². The van der Waals surface area contributed by atoms with Crippen LogP contribution in [0.25, 0.3) is 0 Å². The lowest BCUT2D eigenvalue weighted by Crippen LogP contribution is -2.39. The molecule has 0 unspecified atom stereocenters. The van der Waals surface area contributed by atoms with Gasteiger partial charge in [-0.05, 0) is 12.1 Å². The summed E-state index contributed by atoms with van der Waals surface area (Å²) in [5.41, 5.74) is 0.624. The maximum Gasteiger partial charge on any atom is 0.275 e. The van der Waals surface area contributed by atoms with Crippen LogP contribution in [0.2, 0.25) is 10.0 Å². The Kier molecular flexibility index (Phi) is 6.62. The molecule has 1 aromatic carbocycles. The van der Waals surface area contributed by atoms with Gasteiger partial charge in [-0.15, -0.1) is 0 Å². The van der Waals surface area contributed by atoms with E-state index in [2.05, 4.69) is 25.5 Å². The number of morpholine rings is 1. The summed E-state index contributed by atoms with van der Waals surface area (Å²) in [7, 11) is 0. The van der Waals surface area contributed by atoms with Gasteiger partial charge in [-0.2, -0.15) is 0 Å². The van der Waals surface area contributed by atoms with Crippen molar-refractivity contribution >= 4 is 40.6 Å². The van der Waals surface area contributed by atoms with E-state index in [1.807, 2.05) is 0 Å². The van der Waals surface area contributed by atoms with Crippen LogP contribution < -0.4 is 10.6 Å². The molecule has 0 bridgehead atoms. The van der Waals surface area contributed by atoms with Crippen LogP contribution in [0.3, 0.4) is 0 Å². The number of hydrogen-bond donors (Lipinski definition) is 2. The van der Waals surface area contributed by atoms with Gasteiger partial charge in [0.05, 0.1) is 41.3 Å². The second kappa shape index (κ2) is 9.14. The molecule has 1 aliphatic rings. The molecule has 3 rings (SSSR count). The highest BCUT2D eigenvalue weighted by Crippen LogP contribution is 2.29. The van der Waals surface area contributed by atoms with Gasteiger partial charge in [-0.25, -0.2) is 9.97 Å². The normalized spacial score (nSPS) is 14.8. The standard InChI is InChI=1S/C17H19Cl2N5O2/c18-12-2-1-3-13(16(12)19)23-17(25)14-10-22-15(11-21-14)20-4-5-24-6-8-26-9-7-24/h1-3,10-11H,4-9H2,(H,20,22)(H,23,25). The van der Waals surface area contributed by atoms with E-state index >= 15 is 0 Å². The van der Waals surface area contributed by atoms with E-state index in [1.165, 1.54) is 12.4 Å². The van der Waals surface area contributed by atoms with Crippen molar-refractivity contribution in [3.63, 3.8) is 0 Å². The molecule has 9 heteroatoms. The molecular formula is C17H19Cl2N5O2. The first-order chi connectivity index (χ1) is 12.6. The van der Waals surface area contributed by atoms with Gasteiger partial charge >= 0.3 is 0 Å². The molecule has 26 heavy (non-hydrogen) atoms. The lowest BCUT2D eigenvalue weighted by atomic mass is 10.3. The average molecular weight is 396 g/mol. The van der Waals surface area contributed by atoms with Crippen LogP contribution >= 0.6 is 23.2 Å². The number of benzene rings is 1. The lowest BCUT2D eigenvalue weighted by Gasteiger charge is -2.26. The fourth-order valence-electron chi connectivity index (χ4n) is 2.49. The Balaban J connectivity index is 1.51. The Hall–Kier alpha value is -1.93. The number of rotatable bonds is 6. The fourth-order valence-corrected chi connectivity index (χ4v) is 2.84. The van der Waals surface area contributed by atoms with Crippen molar-refractivity contribution in [2.75, 3.05) is 50.0 Å². The Morgan fingerprint density at radius 2 is 2.00 bits per heavy atom. The summed E-state index contributed by atoms with van der Waals surface area (Å²) in [4.78, 5) is 22.9. The number of carbonyl (C=O) groups excluding carboxylic acids is 1.